The quantitative estimate of drug-likeness (QED) is 0.885. The maximum absolute atomic E-state index is 13.1. The number of carbonyl (C=O) groups is 1. The Bertz CT molecular complexity index is 505. The summed E-state index contributed by atoms with van der Waals surface area (Å²) in [7, 11) is 0. The Kier molecular flexibility index (Phi) is 7.53. The molecule has 24 heavy (non-hydrogen) atoms. The lowest BCUT2D eigenvalue weighted by molar-refractivity contribution is -0.139. The predicted octanol–water partition coefficient (Wildman–Crippen LogP) is 3.13. The van der Waals surface area contributed by atoms with Crippen LogP contribution in [0.1, 0.15) is 44.1 Å². The minimum atomic E-state index is 0. The molecule has 0 aromatic heterocycles. The van der Waals surface area contributed by atoms with Crippen molar-refractivity contribution in [2.24, 2.45) is 11.7 Å². The van der Waals surface area contributed by atoms with E-state index >= 15 is 0 Å². The van der Waals surface area contributed by atoms with E-state index in [2.05, 4.69) is 12.1 Å². The Hall–Kier alpha value is -1.10. The van der Waals surface area contributed by atoms with E-state index in [0.717, 1.165) is 45.1 Å². The van der Waals surface area contributed by atoms with Crippen molar-refractivity contribution in [2.45, 2.75) is 57.2 Å². The Morgan fingerprint density at radius 1 is 1.17 bits per heavy atom. The van der Waals surface area contributed by atoms with Crippen LogP contribution in [0.15, 0.2) is 30.3 Å². The van der Waals surface area contributed by atoms with Crippen molar-refractivity contribution in [2.75, 3.05) is 13.2 Å². The molecule has 1 amide bonds. The second-order valence-electron chi connectivity index (χ2n) is 6.96. The van der Waals surface area contributed by atoms with Gasteiger partial charge in [-0.15, -0.1) is 12.4 Å². The third-order valence-corrected chi connectivity index (χ3v) is 5.04. The van der Waals surface area contributed by atoms with Crippen LogP contribution >= 0.6 is 12.4 Å². The van der Waals surface area contributed by atoms with Crippen LogP contribution < -0.4 is 5.73 Å². The van der Waals surface area contributed by atoms with E-state index in [1.807, 2.05) is 23.1 Å². The van der Waals surface area contributed by atoms with Gasteiger partial charge in [-0.3, -0.25) is 4.79 Å². The third kappa shape index (κ3) is 5.20. The summed E-state index contributed by atoms with van der Waals surface area (Å²) in [6.07, 6.45) is 6.28. The summed E-state index contributed by atoms with van der Waals surface area (Å²) in [6.45, 7) is 2.21. The molecule has 1 saturated heterocycles. The summed E-state index contributed by atoms with van der Waals surface area (Å²) in [6, 6.07) is 10.4. The van der Waals surface area contributed by atoms with Gasteiger partial charge in [0.1, 0.15) is 0 Å². The van der Waals surface area contributed by atoms with Crippen molar-refractivity contribution in [3.8, 4) is 0 Å². The topological polar surface area (TPSA) is 55.6 Å². The molecule has 4 nitrogen and oxygen atoms in total. The number of ether oxygens (including phenoxy) is 1. The maximum atomic E-state index is 13.1. The Morgan fingerprint density at radius 3 is 2.62 bits per heavy atom. The number of hydrogen-bond acceptors (Lipinski definition) is 3. The van der Waals surface area contributed by atoms with Gasteiger partial charge in [-0.05, 0) is 37.7 Å². The lowest BCUT2D eigenvalue weighted by Crippen LogP contribution is -2.43. The highest BCUT2D eigenvalue weighted by molar-refractivity contribution is 5.85. The Morgan fingerprint density at radius 2 is 1.96 bits per heavy atom. The van der Waals surface area contributed by atoms with Crippen molar-refractivity contribution in [1.29, 1.82) is 0 Å². The highest BCUT2D eigenvalue weighted by atomic mass is 35.5. The van der Waals surface area contributed by atoms with Crippen LogP contribution in [0.5, 0.6) is 0 Å². The summed E-state index contributed by atoms with van der Waals surface area (Å²) in [5, 5.41) is 0. The van der Waals surface area contributed by atoms with Gasteiger partial charge in [-0.25, -0.2) is 0 Å². The third-order valence-electron chi connectivity index (χ3n) is 5.04. The van der Waals surface area contributed by atoms with Crippen LogP contribution in [0.2, 0.25) is 0 Å². The van der Waals surface area contributed by atoms with Crippen LogP contribution in [-0.4, -0.2) is 36.1 Å². The summed E-state index contributed by atoms with van der Waals surface area (Å²) >= 11 is 0. The SMILES string of the molecule is Cl.NC1CCCC(C(=O)N(Cc2ccccc2)CC2CCCO2)C1. The molecule has 0 radical (unpaired) electrons. The molecule has 3 atom stereocenters. The molecule has 1 aliphatic carbocycles. The molecular formula is C19H29ClN2O2. The molecule has 3 rings (SSSR count). The minimum Gasteiger partial charge on any atom is -0.376 e. The molecule has 2 aliphatic rings. The monoisotopic (exact) mass is 352 g/mol. The smallest absolute Gasteiger partial charge is 0.226 e. The summed E-state index contributed by atoms with van der Waals surface area (Å²) in [5.74, 6) is 0.350. The van der Waals surface area contributed by atoms with E-state index in [1.54, 1.807) is 0 Å². The first-order valence-electron chi connectivity index (χ1n) is 8.92. The number of amides is 1. The lowest BCUT2D eigenvalue weighted by Gasteiger charge is -2.32. The zero-order valence-corrected chi connectivity index (χ0v) is 15.0. The van der Waals surface area contributed by atoms with Crippen LogP contribution in [0, 0.1) is 5.92 Å². The van der Waals surface area contributed by atoms with Gasteiger partial charge in [0, 0.05) is 31.7 Å². The summed E-state index contributed by atoms with van der Waals surface area (Å²) in [4.78, 5) is 15.1. The molecule has 1 aromatic carbocycles. The van der Waals surface area contributed by atoms with Crippen molar-refractivity contribution < 1.29 is 9.53 Å². The number of benzene rings is 1. The predicted molar refractivity (Wildman–Crippen MR) is 98.0 cm³/mol. The van der Waals surface area contributed by atoms with Crippen molar-refractivity contribution >= 4 is 18.3 Å². The van der Waals surface area contributed by atoms with E-state index in [9.17, 15) is 4.79 Å². The Labute approximate surface area is 151 Å². The van der Waals surface area contributed by atoms with Crippen molar-refractivity contribution in [3.05, 3.63) is 35.9 Å². The molecule has 2 N–H and O–H groups in total. The second-order valence-corrected chi connectivity index (χ2v) is 6.96. The molecule has 3 unspecified atom stereocenters. The zero-order chi connectivity index (χ0) is 16.1. The zero-order valence-electron chi connectivity index (χ0n) is 14.2. The molecule has 0 bridgehead atoms. The number of halogens is 1. The fourth-order valence-electron chi connectivity index (χ4n) is 3.78. The van der Waals surface area contributed by atoms with Gasteiger partial charge in [0.15, 0.2) is 0 Å². The Balaban J connectivity index is 0.00000208. The number of nitrogens with zero attached hydrogens (tertiary/aromatic N) is 1. The molecule has 0 spiro atoms. The molecule has 1 aromatic rings. The van der Waals surface area contributed by atoms with E-state index in [-0.39, 0.29) is 36.4 Å². The van der Waals surface area contributed by atoms with Crippen molar-refractivity contribution in [3.63, 3.8) is 0 Å². The maximum Gasteiger partial charge on any atom is 0.226 e. The van der Waals surface area contributed by atoms with E-state index in [0.29, 0.717) is 13.1 Å². The van der Waals surface area contributed by atoms with Gasteiger partial charge in [-0.1, -0.05) is 36.8 Å². The summed E-state index contributed by atoms with van der Waals surface area (Å²) < 4.78 is 5.76. The highest BCUT2D eigenvalue weighted by Gasteiger charge is 2.31. The molecule has 1 aliphatic heterocycles. The van der Waals surface area contributed by atoms with Crippen LogP contribution in [0.3, 0.4) is 0 Å². The average molecular weight is 353 g/mol. The fourth-order valence-corrected chi connectivity index (χ4v) is 3.78. The average Bonchev–Trinajstić information content (AvgIpc) is 3.08. The highest BCUT2D eigenvalue weighted by Crippen LogP contribution is 2.26. The van der Waals surface area contributed by atoms with Crippen LogP contribution in [0.25, 0.3) is 0 Å². The molecule has 2 fully saturated rings. The number of nitrogens with two attached hydrogens (primary N) is 1. The first-order chi connectivity index (χ1) is 11.2. The molecule has 1 heterocycles. The first kappa shape index (κ1) is 19.2. The van der Waals surface area contributed by atoms with E-state index in [4.69, 9.17) is 10.5 Å². The number of rotatable bonds is 5. The summed E-state index contributed by atoms with van der Waals surface area (Å²) in [5.41, 5.74) is 7.26. The van der Waals surface area contributed by atoms with Gasteiger partial charge >= 0.3 is 0 Å². The minimum absolute atomic E-state index is 0. The van der Waals surface area contributed by atoms with Gasteiger partial charge < -0.3 is 15.4 Å². The second kappa shape index (κ2) is 9.40. The number of carbonyl (C=O) groups excluding carboxylic acids is 1. The number of hydrogen-bond donors (Lipinski definition) is 1. The molecule has 134 valence electrons. The largest absolute Gasteiger partial charge is 0.376 e. The normalized spacial score (nSPS) is 26.6. The van der Waals surface area contributed by atoms with Gasteiger partial charge in [-0.2, -0.15) is 0 Å². The van der Waals surface area contributed by atoms with Gasteiger partial charge in [0.05, 0.1) is 6.10 Å². The fraction of sp³-hybridized carbons (Fsp3) is 0.632. The van der Waals surface area contributed by atoms with Gasteiger partial charge in [0.2, 0.25) is 5.91 Å². The standard InChI is InChI=1S/C19H28N2O2.ClH/c20-17-9-4-8-16(12-17)19(22)21(14-18-10-5-11-23-18)13-15-6-2-1-3-7-15;/h1-3,6-7,16-18H,4-5,8-14,20H2;1H. The molecule has 1 saturated carbocycles. The first-order valence-corrected chi connectivity index (χ1v) is 8.92. The molecular weight excluding hydrogens is 324 g/mol. The van der Waals surface area contributed by atoms with Crippen molar-refractivity contribution in [1.82, 2.24) is 4.90 Å². The van der Waals surface area contributed by atoms with E-state index in [1.165, 1.54) is 5.56 Å². The van der Waals surface area contributed by atoms with Crippen LogP contribution in [0.4, 0.5) is 0 Å². The van der Waals surface area contributed by atoms with Crippen LogP contribution in [-0.2, 0) is 16.1 Å². The lowest BCUT2D eigenvalue weighted by atomic mass is 9.85. The van der Waals surface area contributed by atoms with E-state index < -0.39 is 0 Å². The van der Waals surface area contributed by atoms with Gasteiger partial charge in [0.25, 0.3) is 0 Å². The molecule has 5 heteroatoms.